The van der Waals surface area contributed by atoms with Crippen LogP contribution in [-0.4, -0.2) is 16.8 Å². The largest absolute Gasteiger partial charge is 0.584 e. The van der Waals surface area contributed by atoms with Crippen molar-refractivity contribution < 1.29 is 26.3 Å². The standard InChI is InChI=1S/C11H19F6S/c1-2-3-4-5-6-7-8-9-18(10(12,13)14)11(15,16)17/h2-9H2,1H3/q+1. The van der Waals surface area contributed by atoms with Gasteiger partial charge in [0.15, 0.2) is 0 Å². The lowest BCUT2D eigenvalue weighted by molar-refractivity contribution is -0.0773. The first-order valence-electron chi connectivity index (χ1n) is 6.04. The van der Waals surface area contributed by atoms with Gasteiger partial charge >= 0.3 is 11.0 Å². The Labute approximate surface area is 106 Å². The Bertz CT molecular complexity index is 197. The number of hydrogen-bond acceptors (Lipinski definition) is 0. The minimum Gasteiger partial charge on any atom is -0.122 e. The van der Waals surface area contributed by atoms with Crippen LogP contribution in [0.2, 0.25) is 0 Å². The molecule has 0 saturated carbocycles. The van der Waals surface area contributed by atoms with Crippen molar-refractivity contribution >= 4 is 10.9 Å². The number of unbranched alkanes of at least 4 members (excludes halogenated alkanes) is 6. The van der Waals surface area contributed by atoms with E-state index in [0.717, 1.165) is 25.7 Å². The van der Waals surface area contributed by atoms with Crippen molar-refractivity contribution in [2.75, 3.05) is 5.75 Å². The molecule has 7 heteroatoms. The molecule has 0 rings (SSSR count). The number of alkyl halides is 6. The summed E-state index contributed by atoms with van der Waals surface area (Å²) in [6, 6.07) is 0. The summed E-state index contributed by atoms with van der Waals surface area (Å²) in [4.78, 5) is 0. The first kappa shape index (κ1) is 17.9. The molecule has 0 aliphatic rings. The fraction of sp³-hybridized carbons (Fsp3) is 1.00. The third kappa shape index (κ3) is 8.11. The molecule has 0 unspecified atom stereocenters. The van der Waals surface area contributed by atoms with Gasteiger partial charge in [-0.05, 0) is 12.8 Å². The van der Waals surface area contributed by atoms with Gasteiger partial charge in [-0.3, -0.25) is 0 Å². The summed E-state index contributed by atoms with van der Waals surface area (Å²) >= 11 is 0. The van der Waals surface area contributed by atoms with E-state index in [1.54, 1.807) is 0 Å². The van der Waals surface area contributed by atoms with Gasteiger partial charge in [0, 0.05) is 0 Å². The van der Waals surface area contributed by atoms with Crippen LogP contribution < -0.4 is 0 Å². The summed E-state index contributed by atoms with van der Waals surface area (Å²) in [5, 5.41) is 0. The van der Waals surface area contributed by atoms with Crippen molar-refractivity contribution in [3.8, 4) is 0 Å². The minimum absolute atomic E-state index is 0.00570. The smallest absolute Gasteiger partial charge is 0.122 e. The summed E-state index contributed by atoms with van der Waals surface area (Å²) in [6.07, 6.45) is 5.17. The van der Waals surface area contributed by atoms with E-state index in [4.69, 9.17) is 0 Å². The summed E-state index contributed by atoms with van der Waals surface area (Å²) < 4.78 is 73.1. The monoisotopic (exact) mass is 297 g/mol. The second kappa shape index (κ2) is 8.17. The van der Waals surface area contributed by atoms with Crippen LogP contribution >= 0.6 is 0 Å². The SMILES string of the molecule is CCCCCCCCC[S+](C(F)(F)F)C(F)(F)F. The Morgan fingerprint density at radius 3 is 1.44 bits per heavy atom. The maximum absolute atomic E-state index is 12.2. The van der Waals surface area contributed by atoms with Crippen LogP contribution in [0, 0.1) is 0 Å². The number of hydrogen-bond donors (Lipinski definition) is 0. The molecule has 0 amide bonds. The van der Waals surface area contributed by atoms with Gasteiger partial charge < -0.3 is 0 Å². The predicted molar refractivity (Wildman–Crippen MR) is 62.3 cm³/mol. The second-order valence-corrected chi connectivity index (χ2v) is 6.22. The molecule has 0 aliphatic heterocycles. The van der Waals surface area contributed by atoms with Gasteiger partial charge in [-0.25, -0.2) is 0 Å². The van der Waals surface area contributed by atoms with Crippen molar-refractivity contribution in [1.29, 1.82) is 0 Å². The molecular weight excluding hydrogens is 278 g/mol. The van der Waals surface area contributed by atoms with Crippen LogP contribution in [0.4, 0.5) is 26.3 Å². The third-order valence-electron chi connectivity index (χ3n) is 2.51. The van der Waals surface area contributed by atoms with Gasteiger partial charge in [0.05, 0.1) is 0 Å². The summed E-state index contributed by atoms with van der Waals surface area (Å²) in [5.74, 6) is -0.819. The van der Waals surface area contributed by atoms with E-state index in [1.807, 2.05) is 6.92 Å². The maximum atomic E-state index is 12.2. The normalized spacial score (nSPS) is 13.3. The molecule has 0 aromatic heterocycles. The Morgan fingerprint density at radius 2 is 1.06 bits per heavy atom. The molecule has 0 radical (unpaired) electrons. The van der Waals surface area contributed by atoms with Crippen molar-refractivity contribution in [1.82, 2.24) is 0 Å². The van der Waals surface area contributed by atoms with Gasteiger partial charge in [-0.1, -0.05) is 39.0 Å². The average Bonchev–Trinajstić information content (AvgIpc) is 2.18. The van der Waals surface area contributed by atoms with Crippen molar-refractivity contribution in [3.05, 3.63) is 0 Å². The lowest BCUT2D eigenvalue weighted by atomic mass is 10.1. The highest BCUT2D eigenvalue weighted by Gasteiger charge is 2.67. The van der Waals surface area contributed by atoms with Crippen molar-refractivity contribution in [2.45, 2.75) is 62.9 Å². The summed E-state index contributed by atoms with van der Waals surface area (Å²) in [7, 11) is -3.47. The highest BCUT2D eigenvalue weighted by molar-refractivity contribution is 7.98. The molecule has 0 aliphatic carbocycles. The minimum atomic E-state index is -5.15. The van der Waals surface area contributed by atoms with Gasteiger partial charge in [0.25, 0.3) is 0 Å². The molecule has 0 aromatic rings. The van der Waals surface area contributed by atoms with Crippen LogP contribution in [0.1, 0.15) is 51.9 Å². The molecule has 0 N–H and O–H groups in total. The van der Waals surface area contributed by atoms with Crippen LogP contribution in [0.25, 0.3) is 0 Å². The van der Waals surface area contributed by atoms with E-state index in [9.17, 15) is 26.3 Å². The number of rotatable bonds is 8. The highest BCUT2D eigenvalue weighted by atomic mass is 32.2. The van der Waals surface area contributed by atoms with Gasteiger partial charge in [0.1, 0.15) is 5.75 Å². The molecule has 18 heavy (non-hydrogen) atoms. The Morgan fingerprint density at radius 1 is 0.667 bits per heavy atom. The van der Waals surface area contributed by atoms with Gasteiger partial charge in [0.2, 0.25) is 10.9 Å². The van der Waals surface area contributed by atoms with E-state index >= 15 is 0 Å². The molecule has 0 saturated heterocycles. The molecule has 0 nitrogen and oxygen atoms in total. The quantitative estimate of drug-likeness (QED) is 0.320. The molecule has 0 atom stereocenters. The van der Waals surface area contributed by atoms with Crippen LogP contribution in [0.5, 0.6) is 0 Å². The zero-order chi connectivity index (χ0) is 14.2. The summed E-state index contributed by atoms with van der Waals surface area (Å²) in [5.41, 5.74) is -10.3. The molecule has 0 aromatic carbocycles. The van der Waals surface area contributed by atoms with Crippen LogP contribution in [0.15, 0.2) is 0 Å². The van der Waals surface area contributed by atoms with Gasteiger partial charge in [-0.15, -0.1) is 26.3 Å². The lowest BCUT2D eigenvalue weighted by Crippen LogP contribution is -2.39. The Kier molecular flexibility index (Phi) is 8.14. The topological polar surface area (TPSA) is 0 Å². The summed E-state index contributed by atoms with van der Waals surface area (Å²) in [6.45, 7) is 2.04. The highest BCUT2D eigenvalue weighted by Crippen LogP contribution is 2.39. The predicted octanol–water partition coefficient (Wildman–Crippen LogP) is 5.39. The van der Waals surface area contributed by atoms with Crippen LogP contribution in [0.3, 0.4) is 0 Å². The molecule has 0 spiro atoms. The zero-order valence-electron chi connectivity index (χ0n) is 10.3. The van der Waals surface area contributed by atoms with E-state index < -0.39 is 27.7 Å². The van der Waals surface area contributed by atoms with Crippen molar-refractivity contribution in [3.63, 3.8) is 0 Å². The maximum Gasteiger partial charge on any atom is 0.584 e. The second-order valence-electron chi connectivity index (χ2n) is 4.11. The Hall–Kier alpha value is -0.0700. The van der Waals surface area contributed by atoms with E-state index in [1.165, 1.54) is 0 Å². The molecular formula is C11H19F6S+. The number of halogens is 6. The first-order valence-corrected chi connectivity index (χ1v) is 7.43. The van der Waals surface area contributed by atoms with E-state index in [-0.39, 0.29) is 6.42 Å². The zero-order valence-corrected chi connectivity index (χ0v) is 11.1. The fourth-order valence-electron chi connectivity index (χ4n) is 1.57. The molecule has 110 valence electrons. The van der Waals surface area contributed by atoms with Crippen molar-refractivity contribution in [2.24, 2.45) is 0 Å². The molecule has 0 fully saturated rings. The fourth-order valence-corrected chi connectivity index (χ4v) is 2.78. The third-order valence-corrected chi connectivity index (χ3v) is 4.33. The Balaban J connectivity index is 3.86. The molecule has 0 heterocycles. The average molecular weight is 297 g/mol. The molecule has 0 bridgehead atoms. The first-order chi connectivity index (χ1) is 8.19. The van der Waals surface area contributed by atoms with E-state index in [0.29, 0.717) is 12.8 Å². The van der Waals surface area contributed by atoms with Crippen LogP contribution in [-0.2, 0) is 10.9 Å². The van der Waals surface area contributed by atoms with E-state index in [2.05, 4.69) is 0 Å². The van der Waals surface area contributed by atoms with Gasteiger partial charge in [-0.2, -0.15) is 0 Å². The lowest BCUT2D eigenvalue weighted by Gasteiger charge is -2.12.